The molecule has 2 nitrogen and oxygen atoms in total. The van der Waals surface area contributed by atoms with Gasteiger partial charge in [0.1, 0.15) is 5.75 Å². The highest BCUT2D eigenvalue weighted by Gasteiger charge is 2.08. The van der Waals surface area contributed by atoms with Gasteiger partial charge in [-0.15, -0.1) is 0 Å². The molecule has 0 spiro atoms. The van der Waals surface area contributed by atoms with E-state index in [0.29, 0.717) is 18.1 Å². The summed E-state index contributed by atoms with van der Waals surface area (Å²) in [5.74, 6) is 1.08. The summed E-state index contributed by atoms with van der Waals surface area (Å²) in [4.78, 5) is 11.5. The topological polar surface area (TPSA) is 26.3 Å². The molecule has 0 amide bonds. The number of carbonyl (C=O) groups excluding carboxylic acids is 1. The van der Waals surface area contributed by atoms with Crippen molar-refractivity contribution in [1.29, 1.82) is 0 Å². The van der Waals surface area contributed by atoms with E-state index in [4.69, 9.17) is 4.74 Å². The SMILES string of the molecule is Cc1ccc(OC(=O)CCC(C)C)c(C)c1. The predicted molar refractivity (Wildman–Crippen MR) is 65.6 cm³/mol. The molecule has 16 heavy (non-hydrogen) atoms. The minimum atomic E-state index is -0.138. The molecule has 0 atom stereocenters. The minimum absolute atomic E-state index is 0.138. The predicted octanol–water partition coefficient (Wildman–Crippen LogP) is 3.65. The molecule has 0 heterocycles. The largest absolute Gasteiger partial charge is 0.426 e. The fourth-order valence-electron chi connectivity index (χ4n) is 1.49. The highest BCUT2D eigenvalue weighted by Crippen LogP contribution is 2.19. The van der Waals surface area contributed by atoms with Gasteiger partial charge in [-0.25, -0.2) is 0 Å². The van der Waals surface area contributed by atoms with Crippen LogP contribution in [0.4, 0.5) is 0 Å². The third kappa shape index (κ3) is 4.05. The molecule has 0 saturated carbocycles. The smallest absolute Gasteiger partial charge is 0.311 e. The summed E-state index contributed by atoms with van der Waals surface area (Å²) in [5.41, 5.74) is 2.19. The van der Waals surface area contributed by atoms with E-state index in [-0.39, 0.29) is 5.97 Å². The van der Waals surface area contributed by atoms with Crippen molar-refractivity contribution in [3.8, 4) is 5.75 Å². The van der Waals surface area contributed by atoms with Gasteiger partial charge in [0.25, 0.3) is 0 Å². The molecular formula is C14H20O2. The van der Waals surface area contributed by atoms with Gasteiger partial charge in [0.05, 0.1) is 0 Å². The monoisotopic (exact) mass is 220 g/mol. The van der Waals surface area contributed by atoms with Crippen molar-refractivity contribution in [2.45, 2.75) is 40.5 Å². The van der Waals surface area contributed by atoms with Gasteiger partial charge in [-0.1, -0.05) is 31.5 Å². The van der Waals surface area contributed by atoms with Gasteiger partial charge in [0, 0.05) is 6.42 Å². The maximum atomic E-state index is 11.5. The lowest BCUT2D eigenvalue weighted by Crippen LogP contribution is -2.09. The molecule has 0 saturated heterocycles. The summed E-state index contributed by atoms with van der Waals surface area (Å²) < 4.78 is 5.31. The number of ether oxygens (including phenoxy) is 1. The summed E-state index contributed by atoms with van der Waals surface area (Å²) in [6.07, 6.45) is 1.37. The van der Waals surface area contributed by atoms with E-state index in [2.05, 4.69) is 13.8 Å². The van der Waals surface area contributed by atoms with Crippen molar-refractivity contribution < 1.29 is 9.53 Å². The third-order valence-corrected chi connectivity index (χ3v) is 2.48. The highest BCUT2D eigenvalue weighted by atomic mass is 16.5. The molecule has 0 N–H and O–H groups in total. The van der Waals surface area contributed by atoms with E-state index in [1.165, 1.54) is 5.56 Å². The molecule has 1 aromatic carbocycles. The Bertz CT molecular complexity index is 367. The van der Waals surface area contributed by atoms with Crippen LogP contribution in [0.25, 0.3) is 0 Å². The molecule has 0 aliphatic rings. The lowest BCUT2D eigenvalue weighted by atomic mass is 10.1. The summed E-state index contributed by atoms with van der Waals surface area (Å²) in [7, 11) is 0. The number of hydrogen-bond donors (Lipinski definition) is 0. The first-order chi connectivity index (χ1) is 7.49. The van der Waals surface area contributed by atoms with Crippen LogP contribution in [0.15, 0.2) is 18.2 Å². The maximum Gasteiger partial charge on any atom is 0.311 e. The Labute approximate surface area is 97.6 Å². The Morgan fingerprint density at radius 2 is 2.00 bits per heavy atom. The highest BCUT2D eigenvalue weighted by molar-refractivity contribution is 5.72. The van der Waals surface area contributed by atoms with E-state index >= 15 is 0 Å². The van der Waals surface area contributed by atoms with Gasteiger partial charge in [0.15, 0.2) is 0 Å². The second kappa shape index (κ2) is 5.69. The molecule has 0 bridgehead atoms. The molecule has 0 aliphatic heterocycles. The number of esters is 1. The zero-order valence-electron chi connectivity index (χ0n) is 10.5. The number of hydrogen-bond acceptors (Lipinski definition) is 2. The van der Waals surface area contributed by atoms with E-state index in [1.54, 1.807) is 0 Å². The van der Waals surface area contributed by atoms with Gasteiger partial charge in [-0.3, -0.25) is 4.79 Å². The van der Waals surface area contributed by atoms with Crippen LogP contribution in [-0.2, 0) is 4.79 Å². The van der Waals surface area contributed by atoms with Crippen LogP contribution < -0.4 is 4.74 Å². The molecule has 0 aliphatic carbocycles. The van der Waals surface area contributed by atoms with Gasteiger partial charge in [-0.05, 0) is 37.8 Å². The lowest BCUT2D eigenvalue weighted by molar-refractivity contribution is -0.134. The van der Waals surface area contributed by atoms with Gasteiger partial charge < -0.3 is 4.74 Å². The van der Waals surface area contributed by atoms with E-state index < -0.39 is 0 Å². The molecule has 1 aromatic rings. The third-order valence-electron chi connectivity index (χ3n) is 2.48. The van der Waals surface area contributed by atoms with Crippen molar-refractivity contribution >= 4 is 5.97 Å². The van der Waals surface area contributed by atoms with Crippen molar-refractivity contribution in [2.75, 3.05) is 0 Å². The maximum absolute atomic E-state index is 11.5. The molecule has 0 fully saturated rings. The molecule has 2 heteroatoms. The van der Waals surface area contributed by atoms with Crippen LogP contribution in [0.3, 0.4) is 0 Å². The van der Waals surface area contributed by atoms with Gasteiger partial charge in [-0.2, -0.15) is 0 Å². The molecule has 0 unspecified atom stereocenters. The molecular weight excluding hydrogens is 200 g/mol. The van der Waals surface area contributed by atoms with Gasteiger partial charge in [0.2, 0.25) is 0 Å². The van der Waals surface area contributed by atoms with E-state index in [9.17, 15) is 4.79 Å². The first kappa shape index (κ1) is 12.8. The molecule has 0 aromatic heterocycles. The summed E-state index contributed by atoms with van der Waals surface area (Å²) in [6, 6.07) is 5.83. The molecule has 88 valence electrons. The van der Waals surface area contributed by atoms with Crippen molar-refractivity contribution in [1.82, 2.24) is 0 Å². The number of benzene rings is 1. The van der Waals surface area contributed by atoms with Crippen LogP contribution >= 0.6 is 0 Å². The fourth-order valence-corrected chi connectivity index (χ4v) is 1.49. The Kier molecular flexibility index (Phi) is 4.53. The Hall–Kier alpha value is -1.31. The second-order valence-corrected chi connectivity index (χ2v) is 4.68. The fraction of sp³-hybridized carbons (Fsp3) is 0.500. The average molecular weight is 220 g/mol. The normalized spacial score (nSPS) is 10.6. The van der Waals surface area contributed by atoms with Crippen molar-refractivity contribution in [3.63, 3.8) is 0 Å². The number of carbonyl (C=O) groups is 1. The lowest BCUT2D eigenvalue weighted by Gasteiger charge is -2.08. The molecule has 1 rings (SSSR count). The van der Waals surface area contributed by atoms with Crippen LogP contribution in [-0.4, -0.2) is 5.97 Å². The number of aryl methyl sites for hydroxylation is 2. The van der Waals surface area contributed by atoms with Crippen molar-refractivity contribution in [2.24, 2.45) is 5.92 Å². The van der Waals surface area contributed by atoms with Crippen LogP contribution in [0.1, 0.15) is 37.8 Å². The zero-order valence-corrected chi connectivity index (χ0v) is 10.5. The zero-order chi connectivity index (χ0) is 12.1. The van der Waals surface area contributed by atoms with Crippen LogP contribution in [0.2, 0.25) is 0 Å². The van der Waals surface area contributed by atoms with Crippen molar-refractivity contribution in [3.05, 3.63) is 29.3 Å². The minimum Gasteiger partial charge on any atom is -0.426 e. The second-order valence-electron chi connectivity index (χ2n) is 4.68. The quantitative estimate of drug-likeness (QED) is 0.572. The average Bonchev–Trinajstić information content (AvgIpc) is 2.19. The Morgan fingerprint density at radius 3 is 2.56 bits per heavy atom. The summed E-state index contributed by atoms with van der Waals surface area (Å²) in [5, 5.41) is 0. The first-order valence-electron chi connectivity index (χ1n) is 5.77. The number of rotatable bonds is 4. The standard InChI is InChI=1S/C14H20O2/c1-10(2)5-8-14(15)16-13-7-6-11(3)9-12(13)4/h6-7,9-10H,5,8H2,1-4H3. The Morgan fingerprint density at radius 1 is 1.31 bits per heavy atom. The first-order valence-corrected chi connectivity index (χ1v) is 5.77. The van der Waals surface area contributed by atoms with Crippen LogP contribution in [0.5, 0.6) is 5.75 Å². The molecule has 0 radical (unpaired) electrons. The van der Waals surface area contributed by atoms with E-state index in [0.717, 1.165) is 12.0 Å². The Balaban J connectivity index is 2.56. The van der Waals surface area contributed by atoms with Gasteiger partial charge >= 0.3 is 5.97 Å². The summed E-state index contributed by atoms with van der Waals surface area (Å²) >= 11 is 0. The van der Waals surface area contributed by atoms with Crippen LogP contribution in [0, 0.1) is 19.8 Å². The van der Waals surface area contributed by atoms with E-state index in [1.807, 2.05) is 32.0 Å². The summed E-state index contributed by atoms with van der Waals surface area (Å²) in [6.45, 7) is 8.18.